The molecule has 0 aliphatic heterocycles. The van der Waals surface area contributed by atoms with Gasteiger partial charge in [-0.25, -0.2) is 4.98 Å². The maximum Gasteiger partial charge on any atom is 0.234 e. The van der Waals surface area contributed by atoms with Gasteiger partial charge in [0.25, 0.3) is 0 Å². The summed E-state index contributed by atoms with van der Waals surface area (Å²) in [4.78, 5) is 16.5. The van der Waals surface area contributed by atoms with Gasteiger partial charge in [-0.1, -0.05) is 29.8 Å². The highest BCUT2D eigenvalue weighted by Gasteiger charge is 2.09. The number of anilines is 1. The van der Waals surface area contributed by atoms with Gasteiger partial charge in [0.1, 0.15) is 0 Å². The van der Waals surface area contributed by atoms with Crippen molar-refractivity contribution in [2.75, 3.05) is 11.1 Å². The molecule has 3 aromatic rings. The van der Waals surface area contributed by atoms with Crippen molar-refractivity contribution < 1.29 is 4.79 Å². The molecule has 3 rings (SSSR count). The molecule has 2 aromatic heterocycles. The van der Waals surface area contributed by atoms with Gasteiger partial charge in [0.05, 0.1) is 23.3 Å². The average molecular weight is 340 g/mol. The second kappa shape index (κ2) is 7.05. The van der Waals surface area contributed by atoms with Gasteiger partial charge in [-0.2, -0.15) is 5.10 Å². The molecule has 124 valence electrons. The molecular weight excluding hydrogens is 320 g/mol. The summed E-state index contributed by atoms with van der Waals surface area (Å²) >= 11 is 1.60. The Labute approximate surface area is 145 Å². The molecule has 0 spiro atoms. The molecule has 0 fully saturated rings. The normalized spacial score (nSPS) is 11.0. The topological polar surface area (TPSA) is 59.8 Å². The standard InChI is InChI=1S/C18H20N4OS/c1-12-4-6-14(7-5-12)10-24-11-17(23)20-15-8-16-13(2)21-22(3)18(16)19-9-15/h4-9H,10-11H2,1-3H3,(H,20,23). The molecule has 0 radical (unpaired) electrons. The van der Waals surface area contributed by atoms with Crippen molar-refractivity contribution in [2.24, 2.45) is 7.05 Å². The van der Waals surface area contributed by atoms with Crippen LogP contribution in [0.1, 0.15) is 16.8 Å². The van der Waals surface area contributed by atoms with E-state index in [1.54, 1.807) is 22.6 Å². The number of amides is 1. The van der Waals surface area contributed by atoms with Crippen LogP contribution in [0.3, 0.4) is 0 Å². The monoisotopic (exact) mass is 340 g/mol. The van der Waals surface area contributed by atoms with E-state index in [1.807, 2.05) is 20.0 Å². The number of aryl methyl sites for hydroxylation is 3. The number of pyridine rings is 1. The van der Waals surface area contributed by atoms with Crippen LogP contribution >= 0.6 is 11.8 Å². The quantitative estimate of drug-likeness (QED) is 0.773. The molecular formula is C18H20N4OS. The molecule has 6 heteroatoms. The van der Waals surface area contributed by atoms with E-state index in [9.17, 15) is 4.79 Å². The van der Waals surface area contributed by atoms with Crippen LogP contribution in [-0.4, -0.2) is 26.4 Å². The van der Waals surface area contributed by atoms with E-state index < -0.39 is 0 Å². The molecule has 0 aliphatic rings. The Bertz CT molecular complexity index is 871. The Morgan fingerprint density at radius 2 is 2.00 bits per heavy atom. The van der Waals surface area contributed by atoms with Crippen LogP contribution in [0.4, 0.5) is 5.69 Å². The van der Waals surface area contributed by atoms with Gasteiger partial charge < -0.3 is 5.32 Å². The number of nitrogens with one attached hydrogen (secondary N) is 1. The van der Waals surface area contributed by atoms with Crippen molar-refractivity contribution in [3.05, 3.63) is 53.3 Å². The first kappa shape index (κ1) is 16.5. The SMILES string of the molecule is Cc1ccc(CSCC(=O)Nc2cnc3c(c2)c(C)nn3C)cc1. The van der Waals surface area contributed by atoms with E-state index in [-0.39, 0.29) is 5.91 Å². The summed E-state index contributed by atoms with van der Waals surface area (Å²) in [5, 5.41) is 8.20. The molecule has 0 saturated carbocycles. The van der Waals surface area contributed by atoms with Crippen molar-refractivity contribution in [2.45, 2.75) is 19.6 Å². The largest absolute Gasteiger partial charge is 0.324 e. The van der Waals surface area contributed by atoms with Crippen LogP contribution in [0.5, 0.6) is 0 Å². The molecule has 5 nitrogen and oxygen atoms in total. The minimum atomic E-state index is -0.0187. The summed E-state index contributed by atoms with van der Waals surface area (Å²) in [6.45, 7) is 4.01. The molecule has 24 heavy (non-hydrogen) atoms. The van der Waals surface area contributed by atoms with Crippen molar-refractivity contribution in [1.29, 1.82) is 0 Å². The molecule has 0 aliphatic carbocycles. The zero-order valence-corrected chi connectivity index (χ0v) is 14.9. The predicted molar refractivity (Wildman–Crippen MR) is 99.2 cm³/mol. The summed E-state index contributed by atoms with van der Waals surface area (Å²) in [5.74, 6) is 1.22. The fourth-order valence-corrected chi connectivity index (χ4v) is 3.31. The van der Waals surface area contributed by atoms with Gasteiger partial charge in [-0.05, 0) is 25.5 Å². The fraction of sp³-hybridized carbons (Fsp3) is 0.278. The zero-order valence-electron chi connectivity index (χ0n) is 14.0. The lowest BCUT2D eigenvalue weighted by molar-refractivity contribution is -0.113. The van der Waals surface area contributed by atoms with E-state index >= 15 is 0 Å². The number of benzene rings is 1. The summed E-state index contributed by atoms with van der Waals surface area (Å²) in [6.07, 6.45) is 1.67. The molecule has 0 unspecified atom stereocenters. The van der Waals surface area contributed by atoms with Crippen molar-refractivity contribution in [1.82, 2.24) is 14.8 Å². The third-order valence-corrected chi connectivity index (χ3v) is 4.77. The number of carbonyl (C=O) groups is 1. The third-order valence-electron chi connectivity index (χ3n) is 3.77. The lowest BCUT2D eigenvalue weighted by atomic mass is 10.2. The lowest BCUT2D eigenvalue weighted by Crippen LogP contribution is -2.14. The molecule has 2 heterocycles. The Hall–Kier alpha value is -2.34. The molecule has 0 bridgehead atoms. The van der Waals surface area contributed by atoms with Gasteiger partial charge in [0.2, 0.25) is 5.91 Å². The highest BCUT2D eigenvalue weighted by Crippen LogP contribution is 2.20. The number of thioether (sulfide) groups is 1. The number of nitrogens with zero attached hydrogens (tertiary/aromatic N) is 3. The fourth-order valence-electron chi connectivity index (χ4n) is 2.52. The maximum absolute atomic E-state index is 12.1. The number of hydrogen-bond acceptors (Lipinski definition) is 4. The zero-order chi connectivity index (χ0) is 17.1. The predicted octanol–water partition coefficient (Wildman–Crippen LogP) is 3.46. The average Bonchev–Trinajstić information content (AvgIpc) is 2.83. The Morgan fingerprint density at radius 1 is 1.25 bits per heavy atom. The van der Waals surface area contributed by atoms with Crippen LogP contribution < -0.4 is 5.32 Å². The molecule has 1 N–H and O–H groups in total. The smallest absolute Gasteiger partial charge is 0.234 e. The van der Waals surface area contributed by atoms with Gasteiger partial charge in [-0.15, -0.1) is 11.8 Å². The first-order valence-corrected chi connectivity index (χ1v) is 8.91. The van der Waals surface area contributed by atoms with E-state index in [4.69, 9.17) is 0 Å². The Morgan fingerprint density at radius 3 is 2.75 bits per heavy atom. The van der Waals surface area contributed by atoms with Crippen molar-refractivity contribution >= 4 is 34.4 Å². The van der Waals surface area contributed by atoms with Crippen molar-refractivity contribution in [3.63, 3.8) is 0 Å². The summed E-state index contributed by atoms with van der Waals surface area (Å²) in [6, 6.07) is 10.3. The van der Waals surface area contributed by atoms with Gasteiger partial charge in [0.15, 0.2) is 5.65 Å². The van der Waals surface area contributed by atoms with Crippen LogP contribution in [0.2, 0.25) is 0 Å². The first-order valence-electron chi connectivity index (χ1n) is 7.75. The number of rotatable bonds is 5. The molecule has 1 aromatic carbocycles. The van der Waals surface area contributed by atoms with Crippen LogP contribution in [0, 0.1) is 13.8 Å². The summed E-state index contributed by atoms with van der Waals surface area (Å²) < 4.78 is 1.74. The number of carbonyl (C=O) groups excluding carboxylic acids is 1. The number of aromatic nitrogens is 3. The number of hydrogen-bond donors (Lipinski definition) is 1. The summed E-state index contributed by atoms with van der Waals surface area (Å²) in [7, 11) is 1.86. The molecule has 0 atom stereocenters. The lowest BCUT2D eigenvalue weighted by Gasteiger charge is -2.06. The van der Waals surface area contributed by atoms with Crippen LogP contribution in [0.25, 0.3) is 11.0 Å². The Balaban J connectivity index is 1.56. The Kier molecular flexibility index (Phi) is 4.85. The number of fused-ring (bicyclic) bond motifs is 1. The minimum absolute atomic E-state index is 0.0187. The maximum atomic E-state index is 12.1. The third kappa shape index (κ3) is 3.76. The minimum Gasteiger partial charge on any atom is -0.324 e. The van der Waals surface area contributed by atoms with Crippen LogP contribution in [0.15, 0.2) is 36.5 Å². The van der Waals surface area contributed by atoms with Crippen LogP contribution in [-0.2, 0) is 17.6 Å². The van der Waals surface area contributed by atoms with Gasteiger partial charge >= 0.3 is 0 Å². The van der Waals surface area contributed by atoms with E-state index in [1.165, 1.54) is 11.1 Å². The van der Waals surface area contributed by atoms with E-state index in [2.05, 4.69) is 46.6 Å². The van der Waals surface area contributed by atoms with Crippen molar-refractivity contribution in [3.8, 4) is 0 Å². The highest BCUT2D eigenvalue weighted by molar-refractivity contribution is 7.99. The molecule has 1 amide bonds. The second-order valence-corrected chi connectivity index (χ2v) is 6.82. The van der Waals surface area contributed by atoms with E-state index in [0.717, 1.165) is 22.5 Å². The van der Waals surface area contributed by atoms with E-state index in [0.29, 0.717) is 11.4 Å². The second-order valence-electron chi connectivity index (χ2n) is 5.83. The highest BCUT2D eigenvalue weighted by atomic mass is 32.2. The molecule has 0 saturated heterocycles. The first-order chi connectivity index (χ1) is 11.5. The van der Waals surface area contributed by atoms with Gasteiger partial charge in [0, 0.05) is 18.2 Å². The summed E-state index contributed by atoms with van der Waals surface area (Å²) in [5.41, 5.74) is 4.91. The van der Waals surface area contributed by atoms with Gasteiger partial charge in [-0.3, -0.25) is 9.48 Å².